The monoisotopic (exact) mass is 334 g/mol. The zero-order chi connectivity index (χ0) is 17.4. The molecule has 0 saturated carbocycles. The summed E-state index contributed by atoms with van der Waals surface area (Å²) < 4.78 is 0. The third-order valence-electron chi connectivity index (χ3n) is 4.52. The third-order valence-corrected chi connectivity index (χ3v) is 4.52. The molecule has 1 aromatic heterocycles. The first-order valence-corrected chi connectivity index (χ1v) is 8.23. The second-order valence-electron chi connectivity index (χ2n) is 6.35. The van der Waals surface area contributed by atoms with Gasteiger partial charge in [-0.05, 0) is 31.2 Å². The van der Waals surface area contributed by atoms with E-state index in [1.54, 1.807) is 4.90 Å². The van der Waals surface area contributed by atoms with E-state index in [1.807, 2.05) is 55.5 Å². The van der Waals surface area contributed by atoms with Gasteiger partial charge in [0.2, 0.25) is 11.8 Å². The molecule has 2 aromatic carbocycles. The Morgan fingerprint density at radius 2 is 1.96 bits per heavy atom. The molecule has 4 rings (SSSR count). The van der Waals surface area contributed by atoms with Gasteiger partial charge in [-0.2, -0.15) is 5.10 Å². The number of hydrogen-bond acceptors (Lipinski definition) is 3. The number of hydrogen-bond donors (Lipinski definition) is 2. The molecule has 1 atom stereocenters. The van der Waals surface area contributed by atoms with Crippen molar-refractivity contribution >= 4 is 34.2 Å². The van der Waals surface area contributed by atoms with E-state index in [-0.39, 0.29) is 24.2 Å². The number of fused-ring (bicyclic) bond motifs is 1. The molecule has 1 aliphatic rings. The Kier molecular flexibility index (Phi) is 3.72. The number of aromatic amines is 1. The van der Waals surface area contributed by atoms with Crippen molar-refractivity contribution in [2.45, 2.75) is 13.3 Å². The van der Waals surface area contributed by atoms with Gasteiger partial charge in [-0.15, -0.1) is 0 Å². The number of benzene rings is 2. The largest absolute Gasteiger partial charge is 0.326 e. The van der Waals surface area contributed by atoms with Gasteiger partial charge in [0.25, 0.3) is 0 Å². The minimum Gasteiger partial charge on any atom is -0.326 e. The Labute approximate surface area is 144 Å². The van der Waals surface area contributed by atoms with E-state index >= 15 is 0 Å². The highest BCUT2D eigenvalue weighted by atomic mass is 16.2. The summed E-state index contributed by atoms with van der Waals surface area (Å²) in [7, 11) is 0. The van der Waals surface area contributed by atoms with Crippen LogP contribution in [0.4, 0.5) is 11.5 Å². The first-order valence-electron chi connectivity index (χ1n) is 8.23. The molecule has 0 aliphatic carbocycles. The van der Waals surface area contributed by atoms with Gasteiger partial charge in [0.1, 0.15) is 0 Å². The zero-order valence-corrected chi connectivity index (χ0v) is 13.8. The predicted molar refractivity (Wildman–Crippen MR) is 96.4 cm³/mol. The molecule has 25 heavy (non-hydrogen) atoms. The Morgan fingerprint density at radius 1 is 1.20 bits per heavy atom. The topological polar surface area (TPSA) is 78.1 Å². The number of nitrogens with zero attached hydrogens (tertiary/aromatic N) is 2. The Morgan fingerprint density at radius 3 is 2.76 bits per heavy atom. The highest BCUT2D eigenvalue weighted by Crippen LogP contribution is 2.30. The molecular weight excluding hydrogens is 316 g/mol. The molecule has 2 heterocycles. The minimum absolute atomic E-state index is 0.0821. The lowest BCUT2D eigenvalue weighted by Crippen LogP contribution is -2.28. The van der Waals surface area contributed by atoms with Crippen LogP contribution in [0.1, 0.15) is 12.0 Å². The van der Waals surface area contributed by atoms with Crippen LogP contribution in [-0.4, -0.2) is 28.6 Å². The maximum Gasteiger partial charge on any atom is 0.229 e. The van der Waals surface area contributed by atoms with Crippen LogP contribution in [0.3, 0.4) is 0 Å². The fraction of sp³-hybridized carbons (Fsp3) is 0.211. The number of amides is 2. The zero-order valence-electron chi connectivity index (χ0n) is 13.8. The van der Waals surface area contributed by atoms with Crippen molar-refractivity contribution in [3.63, 3.8) is 0 Å². The summed E-state index contributed by atoms with van der Waals surface area (Å²) in [6.07, 6.45) is 0.193. The first kappa shape index (κ1) is 15.4. The molecule has 6 nitrogen and oxygen atoms in total. The Hall–Kier alpha value is -3.15. The molecular formula is C19H18N4O2. The maximum absolute atomic E-state index is 12.5. The van der Waals surface area contributed by atoms with E-state index in [0.717, 1.165) is 22.2 Å². The van der Waals surface area contributed by atoms with Gasteiger partial charge in [-0.1, -0.05) is 29.8 Å². The van der Waals surface area contributed by atoms with Gasteiger partial charge in [0.05, 0.1) is 11.4 Å². The van der Waals surface area contributed by atoms with Crippen LogP contribution in [0.15, 0.2) is 48.5 Å². The van der Waals surface area contributed by atoms with Crippen LogP contribution in [0.2, 0.25) is 0 Å². The average molecular weight is 334 g/mol. The SMILES string of the molecule is Cc1ccc(NC(=O)[C@@H]2CC(=O)N(c3n[nH]c4ccccc34)C2)cc1. The number of aromatic nitrogens is 2. The molecule has 0 unspecified atom stereocenters. The van der Waals surface area contributed by atoms with E-state index in [4.69, 9.17) is 0 Å². The molecule has 2 N–H and O–H groups in total. The van der Waals surface area contributed by atoms with E-state index in [9.17, 15) is 9.59 Å². The van der Waals surface area contributed by atoms with Crippen molar-refractivity contribution in [3.8, 4) is 0 Å². The van der Waals surface area contributed by atoms with E-state index < -0.39 is 0 Å². The second kappa shape index (κ2) is 6.05. The Balaban J connectivity index is 1.52. The lowest BCUT2D eigenvalue weighted by Gasteiger charge is -2.14. The number of H-pyrrole nitrogens is 1. The average Bonchev–Trinajstić information content (AvgIpc) is 3.20. The van der Waals surface area contributed by atoms with Crippen LogP contribution in [-0.2, 0) is 9.59 Å². The molecule has 1 aliphatic heterocycles. The fourth-order valence-electron chi connectivity index (χ4n) is 3.12. The van der Waals surface area contributed by atoms with Gasteiger partial charge in [0, 0.05) is 24.0 Å². The molecule has 0 bridgehead atoms. The Bertz CT molecular complexity index is 945. The molecule has 126 valence electrons. The molecule has 1 fully saturated rings. The van der Waals surface area contributed by atoms with Crippen LogP contribution in [0.5, 0.6) is 0 Å². The van der Waals surface area contributed by atoms with Crippen molar-refractivity contribution in [1.29, 1.82) is 0 Å². The summed E-state index contributed by atoms with van der Waals surface area (Å²) in [4.78, 5) is 26.5. The number of anilines is 2. The summed E-state index contributed by atoms with van der Waals surface area (Å²) >= 11 is 0. The van der Waals surface area contributed by atoms with Crippen molar-refractivity contribution in [2.75, 3.05) is 16.8 Å². The van der Waals surface area contributed by atoms with Crippen LogP contribution >= 0.6 is 0 Å². The maximum atomic E-state index is 12.5. The highest BCUT2D eigenvalue weighted by Gasteiger charge is 2.36. The number of carbonyl (C=O) groups is 2. The number of aryl methyl sites for hydroxylation is 1. The van der Waals surface area contributed by atoms with Crippen LogP contribution in [0.25, 0.3) is 10.9 Å². The number of para-hydroxylation sites is 1. The number of carbonyl (C=O) groups excluding carboxylic acids is 2. The van der Waals surface area contributed by atoms with Crippen molar-refractivity contribution in [1.82, 2.24) is 10.2 Å². The van der Waals surface area contributed by atoms with Crippen molar-refractivity contribution in [3.05, 3.63) is 54.1 Å². The van der Waals surface area contributed by atoms with Gasteiger partial charge >= 0.3 is 0 Å². The first-order chi connectivity index (χ1) is 12.1. The standard InChI is InChI=1S/C19H18N4O2/c1-12-6-8-14(9-7-12)20-19(25)13-10-17(24)23(11-13)18-15-4-2-3-5-16(15)21-22-18/h2-9,13H,10-11H2,1H3,(H,20,25)(H,21,22)/t13-/m1/s1. The second-order valence-corrected chi connectivity index (χ2v) is 6.35. The van der Waals surface area contributed by atoms with Crippen molar-refractivity contribution in [2.24, 2.45) is 5.92 Å². The minimum atomic E-state index is -0.385. The molecule has 6 heteroatoms. The summed E-state index contributed by atoms with van der Waals surface area (Å²) in [5.41, 5.74) is 2.75. The smallest absolute Gasteiger partial charge is 0.229 e. The van der Waals surface area contributed by atoms with E-state index in [1.165, 1.54) is 0 Å². The van der Waals surface area contributed by atoms with Gasteiger partial charge in [-0.3, -0.25) is 19.6 Å². The van der Waals surface area contributed by atoms with Gasteiger partial charge < -0.3 is 5.32 Å². The number of nitrogens with one attached hydrogen (secondary N) is 2. The molecule has 3 aromatic rings. The lowest BCUT2D eigenvalue weighted by molar-refractivity contribution is -0.122. The van der Waals surface area contributed by atoms with E-state index in [2.05, 4.69) is 15.5 Å². The number of rotatable bonds is 3. The molecule has 0 radical (unpaired) electrons. The van der Waals surface area contributed by atoms with E-state index in [0.29, 0.717) is 12.4 Å². The summed E-state index contributed by atoms with van der Waals surface area (Å²) in [5, 5.41) is 11.0. The lowest BCUT2D eigenvalue weighted by atomic mass is 10.1. The summed E-state index contributed by atoms with van der Waals surface area (Å²) in [6, 6.07) is 15.3. The summed E-state index contributed by atoms with van der Waals surface area (Å²) in [6.45, 7) is 2.33. The summed E-state index contributed by atoms with van der Waals surface area (Å²) in [5.74, 6) is -0.0173. The molecule has 2 amide bonds. The third kappa shape index (κ3) is 2.87. The van der Waals surface area contributed by atoms with Crippen molar-refractivity contribution < 1.29 is 9.59 Å². The molecule has 0 spiro atoms. The fourth-order valence-corrected chi connectivity index (χ4v) is 3.12. The van der Waals surface area contributed by atoms with Gasteiger partial charge in [-0.25, -0.2) is 0 Å². The normalized spacial score (nSPS) is 17.2. The van der Waals surface area contributed by atoms with Gasteiger partial charge in [0.15, 0.2) is 5.82 Å². The highest BCUT2D eigenvalue weighted by molar-refractivity contribution is 6.06. The quantitative estimate of drug-likeness (QED) is 0.773. The molecule has 1 saturated heterocycles. The predicted octanol–water partition coefficient (Wildman–Crippen LogP) is 2.86. The van der Waals surface area contributed by atoms with Crippen LogP contribution in [0, 0.1) is 12.8 Å². The van der Waals surface area contributed by atoms with Crippen LogP contribution < -0.4 is 10.2 Å².